The first-order chi connectivity index (χ1) is 7.48. The molecule has 1 aromatic carbocycles. The highest BCUT2D eigenvalue weighted by Gasteiger charge is 2.20. The van der Waals surface area contributed by atoms with Crippen molar-refractivity contribution in [2.75, 3.05) is 13.6 Å². The molecule has 4 nitrogen and oxygen atoms in total. The van der Waals surface area contributed by atoms with Crippen LogP contribution < -0.4 is 0 Å². The van der Waals surface area contributed by atoms with E-state index in [4.69, 9.17) is 16.9 Å². The lowest BCUT2D eigenvalue weighted by Crippen LogP contribution is -2.27. The Morgan fingerprint density at radius 1 is 1.50 bits per heavy atom. The summed E-state index contributed by atoms with van der Waals surface area (Å²) in [4.78, 5) is 0.139. The second kappa shape index (κ2) is 5.30. The van der Waals surface area contributed by atoms with Crippen molar-refractivity contribution in [2.24, 2.45) is 0 Å². The molecule has 0 heterocycles. The molecule has 0 unspecified atom stereocenters. The highest BCUT2D eigenvalue weighted by Crippen LogP contribution is 2.18. The molecule has 0 amide bonds. The Kier molecular flexibility index (Phi) is 4.30. The fraction of sp³-hybridized carbons (Fsp3) is 0.300. The average Bonchev–Trinajstić information content (AvgIpc) is 2.25. The van der Waals surface area contributed by atoms with Crippen LogP contribution in [-0.2, 0) is 10.0 Å². The molecule has 6 heteroatoms. The summed E-state index contributed by atoms with van der Waals surface area (Å²) in [5.74, 6) is 0. The maximum Gasteiger partial charge on any atom is 0.242 e. The molecule has 1 rings (SSSR count). The number of sulfonamides is 1. The molecule has 0 saturated heterocycles. The molecule has 0 aromatic heterocycles. The van der Waals surface area contributed by atoms with Crippen LogP contribution in [0.5, 0.6) is 0 Å². The van der Waals surface area contributed by atoms with Gasteiger partial charge in [0, 0.05) is 25.0 Å². The molecule has 0 N–H and O–H groups in total. The third-order valence-electron chi connectivity index (χ3n) is 2.04. The SMILES string of the molecule is CN(CCC#N)S(=O)(=O)c1cccc(Cl)c1. The number of hydrogen-bond acceptors (Lipinski definition) is 3. The minimum absolute atomic E-state index is 0.139. The highest BCUT2D eigenvalue weighted by molar-refractivity contribution is 7.89. The van der Waals surface area contributed by atoms with Crippen molar-refractivity contribution in [3.05, 3.63) is 29.3 Å². The summed E-state index contributed by atoms with van der Waals surface area (Å²) in [5.41, 5.74) is 0. The zero-order valence-corrected chi connectivity index (χ0v) is 10.3. The van der Waals surface area contributed by atoms with E-state index in [1.54, 1.807) is 12.1 Å². The van der Waals surface area contributed by atoms with Crippen LogP contribution in [0.15, 0.2) is 29.2 Å². The predicted molar refractivity (Wildman–Crippen MR) is 61.5 cm³/mol. The van der Waals surface area contributed by atoms with E-state index in [1.807, 2.05) is 6.07 Å². The van der Waals surface area contributed by atoms with Gasteiger partial charge in [0.1, 0.15) is 0 Å². The van der Waals surface area contributed by atoms with E-state index in [0.717, 1.165) is 4.31 Å². The summed E-state index contributed by atoms with van der Waals surface area (Å²) in [7, 11) is -2.10. The van der Waals surface area contributed by atoms with Crippen molar-refractivity contribution in [2.45, 2.75) is 11.3 Å². The van der Waals surface area contributed by atoms with Gasteiger partial charge < -0.3 is 0 Å². The second-order valence-corrected chi connectivity index (χ2v) is 5.67. The van der Waals surface area contributed by atoms with E-state index in [1.165, 1.54) is 19.2 Å². The molecule has 0 spiro atoms. The van der Waals surface area contributed by atoms with Crippen LogP contribution in [0.4, 0.5) is 0 Å². The molecule has 0 aliphatic carbocycles. The van der Waals surface area contributed by atoms with Gasteiger partial charge in [0.2, 0.25) is 10.0 Å². The van der Waals surface area contributed by atoms with Crippen molar-refractivity contribution in [1.82, 2.24) is 4.31 Å². The van der Waals surface area contributed by atoms with Gasteiger partial charge in [-0.3, -0.25) is 0 Å². The topological polar surface area (TPSA) is 61.2 Å². The lowest BCUT2D eigenvalue weighted by Gasteiger charge is -2.15. The summed E-state index contributed by atoms with van der Waals surface area (Å²) < 4.78 is 25.0. The molecule has 0 bridgehead atoms. The van der Waals surface area contributed by atoms with Gasteiger partial charge in [0.05, 0.1) is 11.0 Å². The smallest absolute Gasteiger partial charge is 0.207 e. The van der Waals surface area contributed by atoms with Gasteiger partial charge in [0.15, 0.2) is 0 Å². The molecule has 0 radical (unpaired) electrons. The molecule has 0 aliphatic rings. The number of halogens is 1. The van der Waals surface area contributed by atoms with Crippen molar-refractivity contribution < 1.29 is 8.42 Å². The van der Waals surface area contributed by atoms with Gasteiger partial charge in [-0.05, 0) is 18.2 Å². The molecule has 86 valence electrons. The van der Waals surface area contributed by atoms with Gasteiger partial charge in [0.25, 0.3) is 0 Å². The van der Waals surface area contributed by atoms with Gasteiger partial charge in [-0.1, -0.05) is 17.7 Å². The van der Waals surface area contributed by atoms with E-state index in [9.17, 15) is 8.42 Å². The number of hydrogen-bond donors (Lipinski definition) is 0. The molecular formula is C10H11ClN2O2S. The van der Waals surface area contributed by atoms with E-state index in [2.05, 4.69) is 0 Å². The molecule has 0 atom stereocenters. The fourth-order valence-electron chi connectivity index (χ4n) is 1.14. The van der Waals surface area contributed by atoms with Gasteiger partial charge in [-0.2, -0.15) is 9.57 Å². The Balaban J connectivity index is 2.98. The summed E-state index contributed by atoms with van der Waals surface area (Å²) >= 11 is 5.72. The predicted octanol–water partition coefficient (Wildman–Crippen LogP) is 1.87. The lowest BCUT2D eigenvalue weighted by atomic mass is 10.4. The largest absolute Gasteiger partial charge is 0.242 e. The third kappa shape index (κ3) is 2.95. The average molecular weight is 259 g/mol. The lowest BCUT2D eigenvalue weighted by molar-refractivity contribution is 0.476. The van der Waals surface area contributed by atoms with Crippen LogP contribution >= 0.6 is 11.6 Å². The Bertz CT molecular complexity index is 508. The molecule has 0 fully saturated rings. The summed E-state index contributed by atoms with van der Waals surface area (Å²) in [6, 6.07) is 7.95. The summed E-state index contributed by atoms with van der Waals surface area (Å²) in [6.45, 7) is 0.172. The zero-order chi connectivity index (χ0) is 12.2. The Labute approximate surface area is 100 Å². The fourth-order valence-corrected chi connectivity index (χ4v) is 2.61. The number of nitriles is 1. The highest BCUT2D eigenvalue weighted by atomic mass is 35.5. The molecule has 1 aromatic rings. The van der Waals surface area contributed by atoms with Gasteiger partial charge >= 0.3 is 0 Å². The standard InChI is InChI=1S/C10H11ClN2O2S/c1-13(7-3-6-12)16(14,15)10-5-2-4-9(11)8-10/h2,4-5,8H,3,7H2,1H3. The third-order valence-corrected chi connectivity index (χ3v) is 4.13. The van der Waals surface area contributed by atoms with Crippen LogP contribution in [0.2, 0.25) is 5.02 Å². The Morgan fingerprint density at radius 2 is 2.19 bits per heavy atom. The zero-order valence-electron chi connectivity index (χ0n) is 8.72. The first-order valence-electron chi connectivity index (χ1n) is 4.57. The van der Waals surface area contributed by atoms with Crippen molar-refractivity contribution >= 4 is 21.6 Å². The van der Waals surface area contributed by atoms with Crippen LogP contribution in [-0.4, -0.2) is 26.3 Å². The Morgan fingerprint density at radius 3 is 2.75 bits per heavy atom. The van der Waals surface area contributed by atoms with Crippen LogP contribution in [0.1, 0.15) is 6.42 Å². The van der Waals surface area contributed by atoms with Crippen LogP contribution in [0.25, 0.3) is 0 Å². The second-order valence-electron chi connectivity index (χ2n) is 3.19. The molecule has 0 saturated carbocycles. The molecule has 16 heavy (non-hydrogen) atoms. The van der Waals surface area contributed by atoms with Crippen LogP contribution in [0.3, 0.4) is 0 Å². The van der Waals surface area contributed by atoms with Crippen molar-refractivity contribution in [3.8, 4) is 6.07 Å². The first kappa shape index (κ1) is 13.0. The number of nitrogens with zero attached hydrogens (tertiary/aromatic N) is 2. The minimum Gasteiger partial charge on any atom is -0.207 e. The minimum atomic E-state index is -3.54. The quantitative estimate of drug-likeness (QED) is 0.828. The number of rotatable bonds is 4. The Hall–Kier alpha value is -1.09. The van der Waals surface area contributed by atoms with Crippen LogP contribution in [0, 0.1) is 11.3 Å². The maximum absolute atomic E-state index is 11.9. The van der Waals surface area contributed by atoms with Gasteiger partial charge in [-0.25, -0.2) is 8.42 Å². The first-order valence-corrected chi connectivity index (χ1v) is 6.39. The number of benzene rings is 1. The van der Waals surface area contributed by atoms with E-state index in [-0.39, 0.29) is 17.9 Å². The molecule has 0 aliphatic heterocycles. The van der Waals surface area contributed by atoms with Gasteiger partial charge in [-0.15, -0.1) is 0 Å². The molecular weight excluding hydrogens is 248 g/mol. The monoisotopic (exact) mass is 258 g/mol. The van der Waals surface area contributed by atoms with E-state index in [0.29, 0.717) is 5.02 Å². The summed E-state index contributed by atoms with van der Waals surface area (Å²) in [5, 5.41) is 8.77. The maximum atomic E-state index is 11.9. The van der Waals surface area contributed by atoms with E-state index < -0.39 is 10.0 Å². The van der Waals surface area contributed by atoms with E-state index >= 15 is 0 Å². The van der Waals surface area contributed by atoms with Crippen molar-refractivity contribution in [1.29, 1.82) is 5.26 Å². The van der Waals surface area contributed by atoms with Crippen molar-refractivity contribution in [3.63, 3.8) is 0 Å². The summed E-state index contributed by atoms with van der Waals surface area (Å²) in [6.07, 6.45) is 0.163. The normalized spacial score (nSPS) is 11.4.